The van der Waals surface area contributed by atoms with Gasteiger partial charge in [-0.05, 0) is 30.7 Å². The minimum atomic E-state index is -0.428. The van der Waals surface area contributed by atoms with Crippen LogP contribution in [0.3, 0.4) is 0 Å². The highest BCUT2D eigenvalue weighted by Gasteiger charge is 2.40. The first-order valence-electron chi connectivity index (χ1n) is 9.83. The summed E-state index contributed by atoms with van der Waals surface area (Å²) in [5.41, 5.74) is 2.90. The largest absolute Gasteiger partial charge is 0.504 e. The van der Waals surface area contributed by atoms with Gasteiger partial charge in [0.15, 0.2) is 11.5 Å². The highest BCUT2D eigenvalue weighted by atomic mass is 16.7. The lowest BCUT2D eigenvalue weighted by Gasteiger charge is -2.39. The lowest BCUT2D eigenvalue weighted by Crippen LogP contribution is -2.45. The Labute approximate surface area is 170 Å². The van der Waals surface area contributed by atoms with Gasteiger partial charge in [0.1, 0.15) is 5.76 Å². The van der Waals surface area contributed by atoms with Gasteiger partial charge in [0, 0.05) is 32.0 Å². The van der Waals surface area contributed by atoms with Crippen LogP contribution in [0.25, 0.3) is 6.08 Å². The van der Waals surface area contributed by atoms with E-state index in [0.717, 1.165) is 42.9 Å². The number of piperidine rings is 1. The van der Waals surface area contributed by atoms with Gasteiger partial charge in [0.05, 0.1) is 38.0 Å². The van der Waals surface area contributed by atoms with E-state index >= 15 is 0 Å². The zero-order valence-electron chi connectivity index (χ0n) is 16.8. The summed E-state index contributed by atoms with van der Waals surface area (Å²) in [6, 6.07) is 9.30. The summed E-state index contributed by atoms with van der Waals surface area (Å²) in [4.78, 5) is 15.0. The van der Waals surface area contributed by atoms with Crippen LogP contribution >= 0.6 is 0 Å². The monoisotopic (exact) mass is 398 g/mol. The van der Waals surface area contributed by atoms with E-state index in [2.05, 4.69) is 23.2 Å². The zero-order valence-corrected chi connectivity index (χ0v) is 16.8. The summed E-state index contributed by atoms with van der Waals surface area (Å²) in [6.07, 6.45) is 4.77. The predicted octanol–water partition coefficient (Wildman–Crippen LogP) is 3.80. The smallest absolute Gasteiger partial charge is 0.291 e. The quantitative estimate of drug-likeness (QED) is 0.773. The average molecular weight is 398 g/mol. The molecule has 4 rings (SSSR count). The zero-order chi connectivity index (χ0) is 20.3. The second kappa shape index (κ2) is 8.31. The number of rotatable bonds is 5. The van der Waals surface area contributed by atoms with Gasteiger partial charge < -0.3 is 28.8 Å². The van der Waals surface area contributed by atoms with Gasteiger partial charge in [-0.2, -0.15) is 0 Å². The van der Waals surface area contributed by atoms with Crippen LogP contribution in [0.4, 0.5) is 11.4 Å². The number of para-hydroxylation sites is 1. The first-order valence-corrected chi connectivity index (χ1v) is 9.83. The molecule has 154 valence electrons. The summed E-state index contributed by atoms with van der Waals surface area (Å²) in [5.74, 6) is 0.0888. The molecular formula is C22H26N2O5. The molecule has 1 aromatic heterocycles. The number of aryl methyl sites for hydroxylation is 1. The molecule has 2 aliphatic rings. The van der Waals surface area contributed by atoms with Gasteiger partial charge in [-0.3, -0.25) is 4.79 Å². The number of methoxy groups -OCH3 is 1. The molecule has 0 unspecified atom stereocenters. The molecule has 7 heteroatoms. The molecule has 2 aromatic rings. The van der Waals surface area contributed by atoms with Gasteiger partial charge in [0.25, 0.3) is 5.91 Å². The van der Waals surface area contributed by atoms with Crippen molar-refractivity contribution >= 4 is 23.4 Å². The van der Waals surface area contributed by atoms with Crippen molar-refractivity contribution in [1.82, 2.24) is 0 Å². The van der Waals surface area contributed by atoms with E-state index in [9.17, 15) is 4.79 Å². The molecule has 7 nitrogen and oxygen atoms in total. The van der Waals surface area contributed by atoms with Gasteiger partial charge in [-0.1, -0.05) is 12.1 Å². The van der Waals surface area contributed by atoms with Crippen LogP contribution in [0.2, 0.25) is 0 Å². The predicted molar refractivity (Wildman–Crippen MR) is 110 cm³/mol. The number of nitrogens with zero attached hydrogens (tertiary/aromatic N) is 1. The van der Waals surface area contributed by atoms with Gasteiger partial charge in [0.2, 0.25) is 0 Å². The maximum Gasteiger partial charge on any atom is 0.291 e. The van der Waals surface area contributed by atoms with E-state index in [1.54, 1.807) is 25.3 Å². The molecule has 0 bridgehead atoms. The average Bonchev–Trinajstić information content (AvgIpc) is 3.38. The minimum absolute atomic E-state index is 0.249. The Morgan fingerprint density at radius 1 is 1.17 bits per heavy atom. The highest BCUT2D eigenvalue weighted by molar-refractivity contribution is 6.04. The maximum absolute atomic E-state index is 12.7. The molecule has 1 N–H and O–H groups in total. The molecule has 0 saturated carbocycles. The van der Waals surface area contributed by atoms with Crippen LogP contribution in [-0.4, -0.2) is 45.1 Å². The van der Waals surface area contributed by atoms with E-state index in [1.807, 2.05) is 12.1 Å². The summed E-state index contributed by atoms with van der Waals surface area (Å²) < 4.78 is 22.1. The fourth-order valence-corrected chi connectivity index (χ4v) is 3.92. The molecular weight excluding hydrogens is 372 g/mol. The van der Waals surface area contributed by atoms with Crippen LogP contribution in [0.1, 0.15) is 34.7 Å². The topological polar surface area (TPSA) is 73.2 Å². The van der Waals surface area contributed by atoms with Crippen LogP contribution in [0.5, 0.6) is 0 Å². The number of hydrogen-bond donors (Lipinski definition) is 1. The van der Waals surface area contributed by atoms with E-state index in [4.69, 9.17) is 18.6 Å². The normalized spacial score (nSPS) is 18.5. The number of amides is 1. The number of furan rings is 1. The van der Waals surface area contributed by atoms with Crippen LogP contribution in [-0.2, 0) is 14.2 Å². The summed E-state index contributed by atoms with van der Waals surface area (Å²) in [6.45, 7) is 4.99. The third kappa shape index (κ3) is 4.16. The lowest BCUT2D eigenvalue weighted by atomic mass is 10.0. The summed E-state index contributed by atoms with van der Waals surface area (Å²) >= 11 is 0. The first kappa shape index (κ1) is 19.5. The van der Waals surface area contributed by atoms with Gasteiger partial charge in [-0.15, -0.1) is 0 Å². The lowest BCUT2D eigenvalue weighted by molar-refractivity contribution is -0.169. The minimum Gasteiger partial charge on any atom is -0.504 e. The number of carbonyl (C=O) groups excluding carboxylic acids is 1. The van der Waals surface area contributed by atoms with Crippen molar-refractivity contribution in [3.05, 3.63) is 53.7 Å². The maximum atomic E-state index is 12.7. The fraction of sp³-hybridized carbons (Fsp3) is 0.409. The molecule has 2 aliphatic heterocycles. The molecule has 2 saturated heterocycles. The highest BCUT2D eigenvalue weighted by Crippen LogP contribution is 2.37. The van der Waals surface area contributed by atoms with Crippen molar-refractivity contribution < 1.29 is 23.4 Å². The Morgan fingerprint density at radius 2 is 1.93 bits per heavy atom. The fourth-order valence-electron chi connectivity index (χ4n) is 3.92. The Morgan fingerprint density at radius 3 is 2.66 bits per heavy atom. The van der Waals surface area contributed by atoms with Crippen LogP contribution in [0.15, 0.2) is 41.0 Å². The third-order valence-corrected chi connectivity index (χ3v) is 5.36. The molecule has 1 aromatic carbocycles. The molecule has 0 aliphatic carbocycles. The standard InChI is InChI=1S/C22H26N2O5/c1-16-4-3-5-18(23-21(25)19-7-6-17(29-19)8-13-26-2)20(16)24-11-9-22(10-12-24)27-14-15-28-22/h3-8,13H,9-12,14-15H2,1-2H3,(H,23,25)/b13-8+. The van der Waals surface area contributed by atoms with E-state index in [1.165, 1.54) is 6.26 Å². The molecule has 2 fully saturated rings. The molecule has 1 amide bonds. The molecule has 1 spiro atoms. The summed E-state index contributed by atoms with van der Waals surface area (Å²) in [7, 11) is 1.56. The number of ether oxygens (including phenoxy) is 3. The van der Waals surface area contributed by atoms with Crippen molar-refractivity contribution in [2.24, 2.45) is 0 Å². The van der Waals surface area contributed by atoms with Crippen molar-refractivity contribution in [2.75, 3.05) is 43.6 Å². The number of anilines is 2. The van der Waals surface area contributed by atoms with Crippen molar-refractivity contribution in [2.45, 2.75) is 25.6 Å². The second-order valence-electron chi connectivity index (χ2n) is 7.26. The third-order valence-electron chi connectivity index (χ3n) is 5.36. The molecule has 29 heavy (non-hydrogen) atoms. The number of carbonyl (C=O) groups is 1. The molecule has 3 heterocycles. The molecule has 0 atom stereocenters. The van der Waals surface area contributed by atoms with E-state index in [0.29, 0.717) is 19.0 Å². The van der Waals surface area contributed by atoms with Crippen molar-refractivity contribution in [3.63, 3.8) is 0 Å². The Kier molecular flexibility index (Phi) is 5.60. The van der Waals surface area contributed by atoms with Crippen molar-refractivity contribution in [3.8, 4) is 0 Å². The number of benzene rings is 1. The SMILES string of the molecule is CO/C=C/c1ccc(C(=O)Nc2cccc(C)c2N2CCC3(CC2)OCCO3)o1. The van der Waals surface area contributed by atoms with E-state index in [-0.39, 0.29) is 11.7 Å². The Hall–Kier alpha value is -2.77. The first-order chi connectivity index (χ1) is 14.1. The van der Waals surface area contributed by atoms with Crippen molar-refractivity contribution in [1.29, 1.82) is 0 Å². The second-order valence-corrected chi connectivity index (χ2v) is 7.26. The molecule has 0 radical (unpaired) electrons. The Bertz CT molecular complexity index is 888. The van der Waals surface area contributed by atoms with Gasteiger partial charge >= 0.3 is 0 Å². The number of nitrogens with one attached hydrogen (secondary N) is 1. The number of hydrogen-bond acceptors (Lipinski definition) is 6. The van der Waals surface area contributed by atoms with Crippen LogP contribution < -0.4 is 10.2 Å². The Balaban J connectivity index is 1.50. The van der Waals surface area contributed by atoms with Gasteiger partial charge in [-0.25, -0.2) is 0 Å². The van der Waals surface area contributed by atoms with Crippen LogP contribution in [0, 0.1) is 6.92 Å². The van der Waals surface area contributed by atoms with E-state index < -0.39 is 5.79 Å². The summed E-state index contributed by atoms with van der Waals surface area (Å²) in [5, 5.41) is 3.00.